The Morgan fingerprint density at radius 3 is 2.48 bits per heavy atom. The van der Waals surface area contributed by atoms with Gasteiger partial charge in [0.1, 0.15) is 24.7 Å². The van der Waals surface area contributed by atoms with Crippen molar-refractivity contribution in [2.45, 2.75) is 13.5 Å². The third kappa shape index (κ3) is 6.14. The van der Waals surface area contributed by atoms with E-state index in [1.807, 2.05) is 43.3 Å². The minimum Gasteiger partial charge on any atom is -0.492 e. The van der Waals surface area contributed by atoms with E-state index in [0.29, 0.717) is 46.9 Å². The van der Waals surface area contributed by atoms with Gasteiger partial charge in [0.2, 0.25) is 0 Å². The van der Waals surface area contributed by atoms with Gasteiger partial charge in [0, 0.05) is 21.2 Å². The summed E-state index contributed by atoms with van der Waals surface area (Å²) >= 11 is 12.2. The molecule has 0 bridgehead atoms. The van der Waals surface area contributed by atoms with Gasteiger partial charge in [0.15, 0.2) is 0 Å². The zero-order valence-electron chi connectivity index (χ0n) is 16.0. The third-order valence-electron chi connectivity index (χ3n) is 4.25. The van der Waals surface area contributed by atoms with Crippen molar-refractivity contribution in [3.05, 3.63) is 93.5 Å². The number of carbonyl (C=O) groups is 1. The molecule has 0 aliphatic rings. The Hall–Kier alpha value is -2.69. The van der Waals surface area contributed by atoms with Crippen LogP contribution in [0, 0.1) is 6.92 Å². The molecule has 4 nitrogen and oxygen atoms in total. The smallest absolute Gasteiger partial charge is 0.251 e. The first-order valence-corrected chi connectivity index (χ1v) is 9.92. The Morgan fingerprint density at radius 1 is 0.897 bits per heavy atom. The minimum atomic E-state index is -0.196. The number of ether oxygens (including phenoxy) is 2. The molecule has 0 heterocycles. The summed E-state index contributed by atoms with van der Waals surface area (Å²) < 4.78 is 11.4. The molecule has 0 saturated heterocycles. The number of halogens is 2. The van der Waals surface area contributed by atoms with Gasteiger partial charge in [-0.3, -0.25) is 4.79 Å². The average Bonchev–Trinajstić information content (AvgIpc) is 2.73. The molecular formula is C23H21Cl2NO3. The maximum Gasteiger partial charge on any atom is 0.251 e. The molecule has 150 valence electrons. The van der Waals surface area contributed by atoms with Crippen LogP contribution in [0.2, 0.25) is 10.0 Å². The van der Waals surface area contributed by atoms with Gasteiger partial charge in [0.05, 0.1) is 6.54 Å². The van der Waals surface area contributed by atoms with E-state index < -0.39 is 0 Å². The van der Waals surface area contributed by atoms with Crippen molar-refractivity contribution < 1.29 is 14.3 Å². The highest BCUT2D eigenvalue weighted by atomic mass is 35.5. The highest BCUT2D eigenvalue weighted by Crippen LogP contribution is 2.22. The van der Waals surface area contributed by atoms with Gasteiger partial charge in [0.25, 0.3) is 5.91 Å². The first-order chi connectivity index (χ1) is 14.0. The van der Waals surface area contributed by atoms with Crippen LogP contribution in [-0.4, -0.2) is 19.1 Å². The molecule has 0 atom stereocenters. The van der Waals surface area contributed by atoms with Crippen LogP contribution >= 0.6 is 23.2 Å². The van der Waals surface area contributed by atoms with Crippen molar-refractivity contribution in [3.63, 3.8) is 0 Å². The van der Waals surface area contributed by atoms with Crippen LogP contribution in [0.15, 0.2) is 66.7 Å². The molecule has 29 heavy (non-hydrogen) atoms. The van der Waals surface area contributed by atoms with Crippen molar-refractivity contribution in [2.75, 3.05) is 13.2 Å². The third-order valence-corrected chi connectivity index (χ3v) is 5.02. The minimum absolute atomic E-state index is 0.196. The zero-order valence-corrected chi connectivity index (χ0v) is 17.5. The predicted molar refractivity (Wildman–Crippen MR) is 116 cm³/mol. The van der Waals surface area contributed by atoms with Gasteiger partial charge >= 0.3 is 0 Å². The SMILES string of the molecule is Cc1ccc(OCCNC(=O)c2cccc(OCc3ccccc3Cl)c2)cc1Cl. The first-order valence-electron chi connectivity index (χ1n) is 9.16. The Balaban J connectivity index is 1.48. The molecule has 0 fully saturated rings. The second kappa shape index (κ2) is 10.2. The van der Waals surface area contributed by atoms with E-state index in [1.165, 1.54) is 0 Å². The molecule has 3 rings (SSSR count). The average molecular weight is 430 g/mol. The highest BCUT2D eigenvalue weighted by Gasteiger charge is 2.07. The summed E-state index contributed by atoms with van der Waals surface area (Å²) in [5.74, 6) is 1.08. The summed E-state index contributed by atoms with van der Waals surface area (Å²) in [6, 6.07) is 20.0. The summed E-state index contributed by atoms with van der Waals surface area (Å²) in [6.45, 7) is 2.97. The van der Waals surface area contributed by atoms with E-state index in [0.717, 1.165) is 11.1 Å². The van der Waals surface area contributed by atoms with Gasteiger partial charge in [-0.2, -0.15) is 0 Å². The van der Waals surface area contributed by atoms with Gasteiger partial charge in [-0.25, -0.2) is 0 Å². The van der Waals surface area contributed by atoms with Crippen LogP contribution in [0.5, 0.6) is 11.5 Å². The maximum absolute atomic E-state index is 12.4. The summed E-state index contributed by atoms with van der Waals surface area (Å²) in [5, 5.41) is 4.13. The van der Waals surface area contributed by atoms with Crippen LogP contribution in [-0.2, 0) is 6.61 Å². The van der Waals surface area contributed by atoms with Crippen molar-refractivity contribution in [1.29, 1.82) is 0 Å². The lowest BCUT2D eigenvalue weighted by Crippen LogP contribution is -2.28. The van der Waals surface area contributed by atoms with E-state index in [4.69, 9.17) is 32.7 Å². The molecule has 0 unspecified atom stereocenters. The van der Waals surface area contributed by atoms with Gasteiger partial charge < -0.3 is 14.8 Å². The Bertz CT molecular complexity index is 991. The molecule has 3 aromatic carbocycles. The molecule has 3 aromatic rings. The second-order valence-electron chi connectivity index (χ2n) is 6.42. The number of hydrogen-bond donors (Lipinski definition) is 1. The molecule has 0 spiro atoms. The van der Waals surface area contributed by atoms with E-state index >= 15 is 0 Å². The number of hydrogen-bond acceptors (Lipinski definition) is 3. The largest absolute Gasteiger partial charge is 0.492 e. The number of amides is 1. The molecule has 1 N–H and O–H groups in total. The molecule has 6 heteroatoms. The fourth-order valence-corrected chi connectivity index (χ4v) is 2.96. The summed E-state index contributed by atoms with van der Waals surface area (Å²) in [6.07, 6.45) is 0. The molecule has 1 amide bonds. The molecular weight excluding hydrogens is 409 g/mol. The maximum atomic E-state index is 12.4. The quantitative estimate of drug-likeness (QED) is 0.467. The van der Waals surface area contributed by atoms with Crippen molar-refractivity contribution >= 4 is 29.1 Å². The zero-order chi connectivity index (χ0) is 20.6. The Morgan fingerprint density at radius 2 is 1.69 bits per heavy atom. The number of rotatable bonds is 8. The fourth-order valence-electron chi connectivity index (χ4n) is 2.60. The van der Waals surface area contributed by atoms with Crippen LogP contribution in [0.4, 0.5) is 0 Å². The Kier molecular flexibility index (Phi) is 7.39. The van der Waals surface area contributed by atoms with E-state index in [9.17, 15) is 4.79 Å². The summed E-state index contributed by atoms with van der Waals surface area (Å²) in [4.78, 5) is 12.4. The number of carbonyl (C=O) groups excluding carboxylic acids is 1. The molecule has 0 radical (unpaired) electrons. The lowest BCUT2D eigenvalue weighted by Gasteiger charge is -2.11. The van der Waals surface area contributed by atoms with E-state index in [1.54, 1.807) is 30.3 Å². The van der Waals surface area contributed by atoms with Gasteiger partial charge in [-0.15, -0.1) is 0 Å². The van der Waals surface area contributed by atoms with Gasteiger partial charge in [-0.1, -0.05) is 53.5 Å². The monoisotopic (exact) mass is 429 g/mol. The second-order valence-corrected chi connectivity index (χ2v) is 7.24. The fraction of sp³-hybridized carbons (Fsp3) is 0.174. The normalized spacial score (nSPS) is 10.4. The van der Waals surface area contributed by atoms with Crippen LogP contribution < -0.4 is 14.8 Å². The highest BCUT2D eigenvalue weighted by molar-refractivity contribution is 6.31. The van der Waals surface area contributed by atoms with Crippen molar-refractivity contribution in [3.8, 4) is 11.5 Å². The van der Waals surface area contributed by atoms with Crippen molar-refractivity contribution in [2.24, 2.45) is 0 Å². The van der Waals surface area contributed by atoms with Crippen LogP contribution in [0.25, 0.3) is 0 Å². The lowest BCUT2D eigenvalue weighted by molar-refractivity contribution is 0.0946. The molecule has 0 saturated carbocycles. The van der Waals surface area contributed by atoms with E-state index in [-0.39, 0.29) is 5.91 Å². The molecule has 0 aromatic heterocycles. The number of aryl methyl sites for hydroxylation is 1. The van der Waals surface area contributed by atoms with E-state index in [2.05, 4.69) is 5.32 Å². The van der Waals surface area contributed by atoms with Crippen molar-refractivity contribution in [1.82, 2.24) is 5.32 Å². The Labute approximate surface area is 180 Å². The molecule has 0 aliphatic heterocycles. The standard InChI is InChI=1S/C23H21Cl2NO3/c1-16-9-10-20(14-22(16)25)28-12-11-26-23(27)17-6-4-7-19(13-17)29-15-18-5-2-3-8-21(18)24/h2-10,13-14H,11-12,15H2,1H3,(H,26,27). The van der Waals surface area contributed by atoms with Crippen LogP contribution in [0.3, 0.4) is 0 Å². The predicted octanol–water partition coefficient (Wildman–Crippen LogP) is 5.69. The topological polar surface area (TPSA) is 47.6 Å². The number of benzene rings is 3. The van der Waals surface area contributed by atoms with Gasteiger partial charge in [-0.05, 0) is 48.9 Å². The first kappa shape index (κ1) is 21.0. The summed E-state index contributed by atoms with van der Waals surface area (Å²) in [5.41, 5.74) is 2.39. The molecule has 0 aliphatic carbocycles. The van der Waals surface area contributed by atoms with Crippen LogP contribution in [0.1, 0.15) is 21.5 Å². The summed E-state index contributed by atoms with van der Waals surface area (Å²) in [7, 11) is 0. The number of nitrogens with one attached hydrogen (secondary N) is 1. The lowest BCUT2D eigenvalue weighted by atomic mass is 10.2.